The van der Waals surface area contributed by atoms with Crippen LogP contribution in [0.25, 0.3) is 61.4 Å². The predicted molar refractivity (Wildman–Crippen MR) is 170 cm³/mol. The van der Waals surface area contributed by atoms with Gasteiger partial charge in [-0.1, -0.05) is 128 Å². The first kappa shape index (κ1) is 25.3. The molecule has 6 aromatic carbocycles. The van der Waals surface area contributed by atoms with E-state index in [0.717, 1.165) is 16.7 Å². The fourth-order valence-corrected chi connectivity index (χ4v) is 5.17. The van der Waals surface area contributed by atoms with Crippen LogP contribution in [0.15, 0.2) is 146 Å². The van der Waals surface area contributed by atoms with E-state index in [0.29, 0.717) is 0 Å². The third-order valence-electron chi connectivity index (χ3n) is 7.47. The molecule has 1 heteroatoms. The van der Waals surface area contributed by atoms with Gasteiger partial charge in [-0.25, -0.2) is 4.39 Å². The molecule has 0 spiro atoms. The Bertz CT molecular complexity index is 1840. The van der Waals surface area contributed by atoms with Gasteiger partial charge in [0.2, 0.25) is 0 Å². The van der Waals surface area contributed by atoms with Gasteiger partial charge in [-0.15, -0.1) is 0 Å². The SMILES string of the molecule is C=C/C=C\c1ccc(-c2ccc(-c3ccc4ccc(-c5ccc(-c6ccc(F)cc6)cc5)cc4c3)cc2)cc1C. The van der Waals surface area contributed by atoms with Crippen molar-refractivity contribution in [2.75, 3.05) is 0 Å². The van der Waals surface area contributed by atoms with Crippen molar-refractivity contribution in [1.82, 2.24) is 0 Å². The summed E-state index contributed by atoms with van der Waals surface area (Å²) in [5, 5.41) is 2.42. The molecule has 0 unspecified atom stereocenters. The first-order chi connectivity index (χ1) is 19.6. The molecule has 0 amide bonds. The van der Waals surface area contributed by atoms with Crippen LogP contribution >= 0.6 is 0 Å². The maximum absolute atomic E-state index is 13.3. The summed E-state index contributed by atoms with van der Waals surface area (Å²) in [6, 6.07) is 43.7. The van der Waals surface area contributed by atoms with Gasteiger partial charge < -0.3 is 0 Å². The summed E-state index contributed by atoms with van der Waals surface area (Å²) >= 11 is 0. The molecule has 0 atom stereocenters. The zero-order valence-electron chi connectivity index (χ0n) is 22.4. The minimum Gasteiger partial charge on any atom is -0.207 e. The zero-order chi connectivity index (χ0) is 27.5. The number of hydrogen-bond donors (Lipinski definition) is 0. The van der Waals surface area contributed by atoms with Crippen LogP contribution in [-0.4, -0.2) is 0 Å². The first-order valence-corrected chi connectivity index (χ1v) is 13.5. The first-order valence-electron chi connectivity index (χ1n) is 13.5. The summed E-state index contributed by atoms with van der Waals surface area (Å²) < 4.78 is 13.3. The van der Waals surface area contributed by atoms with E-state index in [1.54, 1.807) is 6.08 Å². The van der Waals surface area contributed by atoms with Crippen LogP contribution in [0.1, 0.15) is 11.1 Å². The van der Waals surface area contributed by atoms with Crippen molar-refractivity contribution in [2.24, 2.45) is 0 Å². The van der Waals surface area contributed by atoms with Crippen molar-refractivity contribution in [3.05, 3.63) is 163 Å². The van der Waals surface area contributed by atoms with Gasteiger partial charge in [0.1, 0.15) is 5.82 Å². The Kier molecular flexibility index (Phi) is 6.95. The predicted octanol–water partition coefficient (Wildman–Crippen LogP) is 11.2. The van der Waals surface area contributed by atoms with Crippen LogP contribution in [-0.2, 0) is 0 Å². The monoisotopic (exact) mass is 516 g/mol. The summed E-state index contributed by atoms with van der Waals surface area (Å²) in [5.41, 5.74) is 11.7. The van der Waals surface area contributed by atoms with Gasteiger partial charge in [0.05, 0.1) is 0 Å². The van der Waals surface area contributed by atoms with Crippen LogP contribution in [0.2, 0.25) is 0 Å². The molecule has 0 aliphatic rings. The highest BCUT2D eigenvalue weighted by atomic mass is 19.1. The summed E-state index contributed by atoms with van der Waals surface area (Å²) in [7, 11) is 0. The fourth-order valence-electron chi connectivity index (χ4n) is 5.17. The molecule has 0 nitrogen and oxygen atoms in total. The highest BCUT2D eigenvalue weighted by Crippen LogP contribution is 2.31. The van der Waals surface area contributed by atoms with Gasteiger partial charge in [-0.2, -0.15) is 0 Å². The third kappa shape index (κ3) is 5.28. The molecule has 6 aromatic rings. The molecule has 0 radical (unpaired) electrons. The lowest BCUT2D eigenvalue weighted by Gasteiger charge is -2.10. The van der Waals surface area contributed by atoms with Gasteiger partial charge >= 0.3 is 0 Å². The minimum absolute atomic E-state index is 0.218. The Morgan fingerprint density at radius 1 is 0.475 bits per heavy atom. The van der Waals surface area contributed by atoms with E-state index < -0.39 is 0 Å². The van der Waals surface area contributed by atoms with Crippen molar-refractivity contribution in [1.29, 1.82) is 0 Å². The second kappa shape index (κ2) is 11.0. The average Bonchev–Trinajstić information content (AvgIpc) is 3.00. The molecule has 0 aliphatic heterocycles. The normalized spacial score (nSPS) is 11.2. The smallest absolute Gasteiger partial charge is 0.123 e. The van der Waals surface area contributed by atoms with Gasteiger partial charge in [0.15, 0.2) is 0 Å². The van der Waals surface area contributed by atoms with Crippen molar-refractivity contribution < 1.29 is 4.39 Å². The second-order valence-electron chi connectivity index (χ2n) is 10.1. The molecule has 0 N–H and O–H groups in total. The van der Waals surface area contributed by atoms with Gasteiger partial charge in [0.25, 0.3) is 0 Å². The van der Waals surface area contributed by atoms with Crippen molar-refractivity contribution >= 4 is 16.8 Å². The Hall–Kier alpha value is -5.01. The van der Waals surface area contributed by atoms with E-state index in [-0.39, 0.29) is 5.82 Å². The Morgan fingerprint density at radius 2 is 0.875 bits per heavy atom. The molecule has 192 valence electrons. The van der Waals surface area contributed by atoms with E-state index in [9.17, 15) is 4.39 Å². The number of benzene rings is 6. The van der Waals surface area contributed by atoms with Crippen molar-refractivity contribution in [2.45, 2.75) is 6.92 Å². The second-order valence-corrected chi connectivity index (χ2v) is 10.1. The molecule has 40 heavy (non-hydrogen) atoms. The van der Waals surface area contributed by atoms with Crippen molar-refractivity contribution in [3.63, 3.8) is 0 Å². The van der Waals surface area contributed by atoms with Crippen molar-refractivity contribution in [3.8, 4) is 44.5 Å². The standard InChI is InChI=1S/C39H29F/c1-3-4-5-28-6-17-35(24-27(28)2)31-11-13-33(14-12-31)37-19-16-34-15-18-36(25-38(34)26-37)32-9-7-29(8-10-32)30-20-22-39(40)23-21-30/h3-26H,1H2,2H3/b5-4-. The molecule has 0 heterocycles. The topological polar surface area (TPSA) is 0 Å². The van der Waals surface area contributed by atoms with E-state index in [1.807, 2.05) is 18.2 Å². The maximum Gasteiger partial charge on any atom is 0.123 e. The van der Waals surface area contributed by atoms with Crippen LogP contribution in [0.3, 0.4) is 0 Å². The highest BCUT2D eigenvalue weighted by molar-refractivity contribution is 5.91. The summed E-state index contributed by atoms with van der Waals surface area (Å²) in [6.45, 7) is 5.90. The van der Waals surface area contributed by atoms with Gasteiger partial charge in [0, 0.05) is 0 Å². The van der Waals surface area contributed by atoms with E-state index >= 15 is 0 Å². The molecule has 0 bridgehead atoms. The lowest BCUT2D eigenvalue weighted by Crippen LogP contribution is -1.85. The summed E-state index contributed by atoms with van der Waals surface area (Å²) in [4.78, 5) is 0. The van der Waals surface area contributed by atoms with Crippen LogP contribution in [0.4, 0.5) is 4.39 Å². The Morgan fingerprint density at radius 3 is 1.35 bits per heavy atom. The van der Waals surface area contributed by atoms with E-state index in [1.165, 1.54) is 61.8 Å². The lowest BCUT2D eigenvalue weighted by atomic mass is 9.95. The van der Waals surface area contributed by atoms with E-state index in [4.69, 9.17) is 0 Å². The lowest BCUT2D eigenvalue weighted by molar-refractivity contribution is 0.628. The van der Waals surface area contributed by atoms with Crippen LogP contribution in [0.5, 0.6) is 0 Å². The number of halogens is 1. The van der Waals surface area contributed by atoms with Gasteiger partial charge in [-0.3, -0.25) is 0 Å². The number of rotatable bonds is 6. The Labute approximate surface area is 235 Å². The third-order valence-corrected chi connectivity index (χ3v) is 7.47. The summed E-state index contributed by atoms with van der Waals surface area (Å²) in [6.07, 6.45) is 5.85. The zero-order valence-corrected chi connectivity index (χ0v) is 22.4. The fraction of sp³-hybridized carbons (Fsp3) is 0.0256. The molecule has 0 aliphatic carbocycles. The molecular weight excluding hydrogens is 487 g/mol. The molecule has 0 saturated carbocycles. The van der Waals surface area contributed by atoms with Crippen LogP contribution < -0.4 is 0 Å². The number of hydrogen-bond acceptors (Lipinski definition) is 0. The highest BCUT2D eigenvalue weighted by Gasteiger charge is 2.06. The van der Waals surface area contributed by atoms with E-state index in [2.05, 4.69) is 123 Å². The van der Waals surface area contributed by atoms with Gasteiger partial charge in [-0.05, 0) is 97.6 Å². The molecule has 0 aromatic heterocycles. The largest absolute Gasteiger partial charge is 0.207 e. The average molecular weight is 517 g/mol. The number of allylic oxidation sites excluding steroid dienone is 2. The Balaban J connectivity index is 1.25. The number of fused-ring (bicyclic) bond motifs is 1. The molecule has 0 fully saturated rings. The maximum atomic E-state index is 13.3. The minimum atomic E-state index is -0.218. The quantitative estimate of drug-likeness (QED) is 0.193. The number of aryl methyl sites for hydroxylation is 1. The molecular formula is C39H29F. The summed E-state index contributed by atoms with van der Waals surface area (Å²) in [5.74, 6) is -0.218. The molecule has 0 saturated heterocycles. The van der Waals surface area contributed by atoms with Crippen LogP contribution in [0, 0.1) is 12.7 Å². The molecule has 6 rings (SSSR count).